The highest BCUT2D eigenvalue weighted by molar-refractivity contribution is 5.84. The molecule has 0 unspecified atom stereocenters. The van der Waals surface area contributed by atoms with Gasteiger partial charge in [0.15, 0.2) is 5.65 Å². The minimum atomic E-state index is -4.75. The Labute approximate surface area is 264 Å². The standard InChI is InChI=1S/C33H39F3N6O4/c1-19(2)12-27(42-17-22(10-11-40(5)6)25(14-28(42)43)33(34,35)36)32(46)38-26(15-29(44)45)23-13-24(31-39-37-18-41(31)16-23)30-20(3)8-7-9-21(30)4/h7-9,13-14,16-19,26-27H,10-12,15H2,1-6H3,(H,38,46)(H,44,45)/t26-,27+/m0/s1. The van der Waals surface area contributed by atoms with Crippen molar-refractivity contribution in [2.45, 2.75) is 65.2 Å². The maximum absolute atomic E-state index is 14.0. The summed E-state index contributed by atoms with van der Waals surface area (Å²) in [4.78, 5) is 41.0. The van der Waals surface area contributed by atoms with Crippen LogP contribution in [0.3, 0.4) is 0 Å². The molecular formula is C33H39F3N6O4. The molecule has 1 amide bonds. The molecular weight excluding hydrogens is 601 g/mol. The van der Waals surface area contributed by atoms with E-state index in [4.69, 9.17) is 0 Å². The first-order valence-electron chi connectivity index (χ1n) is 15.0. The Kier molecular flexibility index (Phi) is 10.3. The van der Waals surface area contributed by atoms with Crippen molar-refractivity contribution in [2.75, 3.05) is 20.6 Å². The van der Waals surface area contributed by atoms with Crippen LogP contribution >= 0.6 is 0 Å². The lowest BCUT2D eigenvalue weighted by Gasteiger charge is -2.26. The predicted molar refractivity (Wildman–Crippen MR) is 167 cm³/mol. The molecule has 3 aromatic heterocycles. The second-order valence-electron chi connectivity index (χ2n) is 12.3. The van der Waals surface area contributed by atoms with Crippen LogP contribution in [0.15, 0.2) is 53.8 Å². The number of likely N-dealkylation sites (N-methyl/N-ethyl adjacent to an activating group) is 1. The number of rotatable bonds is 12. The monoisotopic (exact) mass is 640 g/mol. The van der Waals surface area contributed by atoms with Crippen molar-refractivity contribution in [2.24, 2.45) is 5.92 Å². The molecule has 1 aromatic carbocycles. The van der Waals surface area contributed by atoms with Crippen LogP contribution in [0.2, 0.25) is 0 Å². The minimum Gasteiger partial charge on any atom is -0.481 e. The number of amides is 1. The van der Waals surface area contributed by atoms with E-state index in [9.17, 15) is 32.7 Å². The summed E-state index contributed by atoms with van der Waals surface area (Å²) in [5, 5.41) is 20.9. The molecule has 10 nitrogen and oxygen atoms in total. The van der Waals surface area contributed by atoms with Crippen molar-refractivity contribution in [1.82, 2.24) is 29.4 Å². The lowest BCUT2D eigenvalue weighted by Crippen LogP contribution is -2.40. The molecule has 2 atom stereocenters. The number of benzene rings is 1. The van der Waals surface area contributed by atoms with Crippen molar-refractivity contribution in [1.29, 1.82) is 0 Å². The molecule has 4 rings (SSSR count). The Bertz CT molecular complexity index is 1770. The SMILES string of the molecule is Cc1cccc(C)c1-c1cc([C@H](CC(=O)O)NC(=O)[C@@H](CC(C)C)n2cc(CCN(C)C)c(C(F)(F)F)cc2=O)cn2cnnc12. The topological polar surface area (TPSA) is 122 Å². The molecule has 3 heterocycles. The van der Waals surface area contributed by atoms with Gasteiger partial charge in [-0.15, -0.1) is 10.2 Å². The molecule has 0 bridgehead atoms. The van der Waals surface area contributed by atoms with Crippen LogP contribution in [0.1, 0.15) is 66.6 Å². The van der Waals surface area contributed by atoms with E-state index in [1.807, 2.05) is 45.9 Å². The Morgan fingerprint density at radius 1 is 1.09 bits per heavy atom. The molecule has 0 aliphatic carbocycles. The third-order valence-electron chi connectivity index (χ3n) is 7.89. The van der Waals surface area contributed by atoms with Gasteiger partial charge >= 0.3 is 12.1 Å². The average Bonchev–Trinajstić information content (AvgIpc) is 3.43. The number of hydrogen-bond acceptors (Lipinski definition) is 6. The Morgan fingerprint density at radius 2 is 1.76 bits per heavy atom. The smallest absolute Gasteiger partial charge is 0.416 e. The van der Waals surface area contributed by atoms with Crippen LogP contribution in [0, 0.1) is 19.8 Å². The number of aryl methyl sites for hydroxylation is 2. The van der Waals surface area contributed by atoms with Crippen molar-refractivity contribution in [3.63, 3.8) is 0 Å². The fourth-order valence-corrected chi connectivity index (χ4v) is 5.70. The highest BCUT2D eigenvalue weighted by atomic mass is 19.4. The van der Waals surface area contributed by atoms with Crippen molar-refractivity contribution < 1.29 is 27.9 Å². The summed E-state index contributed by atoms with van der Waals surface area (Å²) in [5.41, 5.74) is 2.38. The number of halogens is 3. The Hall–Kier alpha value is -4.52. The van der Waals surface area contributed by atoms with Gasteiger partial charge in [0.2, 0.25) is 5.91 Å². The zero-order valence-electron chi connectivity index (χ0n) is 26.7. The van der Waals surface area contributed by atoms with Gasteiger partial charge in [-0.3, -0.25) is 18.8 Å². The number of aromatic nitrogens is 4. The quantitative estimate of drug-likeness (QED) is 0.218. The number of aliphatic carboxylic acids is 1. The molecule has 4 aromatic rings. The summed E-state index contributed by atoms with van der Waals surface area (Å²) in [6.07, 6.45) is -0.875. The van der Waals surface area contributed by atoms with Gasteiger partial charge in [-0.1, -0.05) is 32.0 Å². The first kappa shape index (κ1) is 34.4. The number of pyridine rings is 2. The van der Waals surface area contributed by atoms with E-state index in [0.29, 0.717) is 22.8 Å². The number of alkyl halides is 3. The summed E-state index contributed by atoms with van der Waals surface area (Å²) in [7, 11) is 3.45. The van der Waals surface area contributed by atoms with Gasteiger partial charge in [0, 0.05) is 30.6 Å². The van der Waals surface area contributed by atoms with Gasteiger partial charge in [-0.2, -0.15) is 13.2 Å². The van der Waals surface area contributed by atoms with Crippen molar-refractivity contribution >= 4 is 17.5 Å². The maximum atomic E-state index is 14.0. The number of carbonyl (C=O) groups is 2. The molecule has 246 valence electrons. The molecule has 46 heavy (non-hydrogen) atoms. The summed E-state index contributed by atoms with van der Waals surface area (Å²) in [6.45, 7) is 7.84. The number of carboxylic acid groups (broad SMARTS) is 1. The number of carboxylic acids is 1. The Balaban J connectivity index is 1.81. The van der Waals surface area contributed by atoms with Gasteiger partial charge in [0.1, 0.15) is 12.4 Å². The largest absolute Gasteiger partial charge is 0.481 e. The van der Waals surface area contributed by atoms with Crippen molar-refractivity contribution in [3.05, 3.63) is 87.2 Å². The summed E-state index contributed by atoms with van der Waals surface area (Å²) < 4.78 is 44.5. The predicted octanol–water partition coefficient (Wildman–Crippen LogP) is 5.22. The first-order chi connectivity index (χ1) is 21.6. The van der Waals surface area contributed by atoms with Gasteiger partial charge in [0.25, 0.3) is 5.56 Å². The summed E-state index contributed by atoms with van der Waals surface area (Å²) in [5.74, 6) is -1.99. The zero-order chi connectivity index (χ0) is 33.9. The molecule has 13 heteroatoms. The second kappa shape index (κ2) is 13.9. The van der Waals surface area contributed by atoms with Crippen LogP contribution in [0.5, 0.6) is 0 Å². The van der Waals surface area contributed by atoms with E-state index in [0.717, 1.165) is 27.5 Å². The fraction of sp³-hybridized carbons (Fsp3) is 0.424. The number of nitrogens with one attached hydrogen (secondary N) is 1. The first-order valence-corrected chi connectivity index (χ1v) is 15.0. The van der Waals surface area contributed by atoms with Crippen LogP contribution in [0.4, 0.5) is 13.2 Å². The van der Waals surface area contributed by atoms with E-state index in [2.05, 4.69) is 15.5 Å². The number of fused-ring (bicyclic) bond motifs is 1. The summed E-state index contributed by atoms with van der Waals surface area (Å²) in [6, 6.07) is 5.89. The lowest BCUT2D eigenvalue weighted by molar-refractivity contribution is -0.139. The highest BCUT2D eigenvalue weighted by Crippen LogP contribution is 2.34. The molecule has 0 radical (unpaired) electrons. The molecule has 0 fully saturated rings. The maximum Gasteiger partial charge on any atom is 0.416 e. The van der Waals surface area contributed by atoms with Crippen LogP contribution in [0.25, 0.3) is 16.8 Å². The average molecular weight is 641 g/mol. The molecule has 2 N–H and O–H groups in total. The van der Waals surface area contributed by atoms with Gasteiger partial charge in [-0.25, -0.2) is 0 Å². The van der Waals surface area contributed by atoms with Crippen molar-refractivity contribution in [3.8, 4) is 11.1 Å². The van der Waals surface area contributed by atoms with Gasteiger partial charge < -0.3 is 19.9 Å². The van der Waals surface area contributed by atoms with E-state index in [1.165, 1.54) is 6.33 Å². The fourth-order valence-electron chi connectivity index (χ4n) is 5.70. The lowest BCUT2D eigenvalue weighted by atomic mass is 9.93. The van der Waals surface area contributed by atoms with Crippen LogP contribution in [-0.2, 0) is 22.2 Å². The molecule has 0 spiro atoms. The van der Waals surface area contributed by atoms with Gasteiger partial charge in [-0.05, 0) is 80.6 Å². The highest BCUT2D eigenvalue weighted by Gasteiger charge is 2.36. The van der Waals surface area contributed by atoms with E-state index in [-0.39, 0.29) is 30.9 Å². The molecule has 0 aliphatic rings. The number of carbonyl (C=O) groups excluding carboxylic acids is 1. The van der Waals surface area contributed by atoms with E-state index in [1.54, 1.807) is 35.7 Å². The van der Waals surface area contributed by atoms with Crippen LogP contribution in [-0.4, -0.2) is 61.7 Å². The molecule has 0 saturated heterocycles. The second-order valence-corrected chi connectivity index (χ2v) is 12.3. The van der Waals surface area contributed by atoms with Gasteiger partial charge in [0.05, 0.1) is 18.0 Å². The number of hydrogen-bond donors (Lipinski definition) is 2. The van der Waals surface area contributed by atoms with E-state index >= 15 is 0 Å². The molecule has 0 saturated carbocycles. The summed E-state index contributed by atoms with van der Waals surface area (Å²) >= 11 is 0. The third-order valence-corrected chi connectivity index (χ3v) is 7.89. The zero-order valence-corrected chi connectivity index (χ0v) is 26.7. The molecule has 0 aliphatic heterocycles. The normalized spacial score (nSPS) is 13.4. The van der Waals surface area contributed by atoms with Crippen LogP contribution < -0.4 is 10.9 Å². The number of nitrogens with zero attached hydrogens (tertiary/aromatic N) is 5. The van der Waals surface area contributed by atoms with E-state index < -0.39 is 47.7 Å². The minimum absolute atomic E-state index is 0.000167. The third kappa shape index (κ3) is 7.82. The Morgan fingerprint density at radius 3 is 2.35 bits per heavy atom.